The summed E-state index contributed by atoms with van der Waals surface area (Å²) in [7, 11) is -0.392. The highest BCUT2D eigenvalue weighted by atomic mass is 16.5. The number of aryl methyl sites for hydroxylation is 1. The van der Waals surface area contributed by atoms with Gasteiger partial charge < -0.3 is 62.9 Å². The van der Waals surface area contributed by atoms with Crippen LogP contribution in [0.1, 0.15) is 98.3 Å². The summed E-state index contributed by atoms with van der Waals surface area (Å²) < 4.78 is 12.2. The lowest BCUT2D eigenvalue weighted by Crippen LogP contribution is -2.56. The Hall–Kier alpha value is -5.53. The minimum absolute atomic E-state index is 0.0400. The molecular weight excluding hydrogens is 819 g/mol. The van der Waals surface area contributed by atoms with Crippen molar-refractivity contribution in [3.8, 4) is 22.6 Å². The normalized spacial score (nSPS) is 16.7. The molecule has 18 heteroatoms. The van der Waals surface area contributed by atoms with Crippen molar-refractivity contribution in [1.29, 1.82) is 0 Å². The molecule has 0 radical (unpaired) electrons. The number of nitrogens with two attached hydrogens (primary N) is 3. The summed E-state index contributed by atoms with van der Waals surface area (Å²) >= 11 is 0. The maximum absolute atomic E-state index is 14.7. The van der Waals surface area contributed by atoms with Crippen LogP contribution in [-0.2, 0) is 32.0 Å². The lowest BCUT2D eigenvalue weighted by atomic mass is 9.91. The predicted octanol–water partition coefficient (Wildman–Crippen LogP) is 1.64. The highest BCUT2D eigenvalue weighted by molar-refractivity contribution is 6.41. The lowest BCUT2D eigenvalue weighted by molar-refractivity contribution is -0.141. The molecule has 64 heavy (non-hydrogen) atoms. The SMILES string of the molecule is CCCCCCCCc1ccc(C(=O)NC(CCCN)C(=O)N(C)C2C(=O)NC(C)C(=O)NC(C(=O)NCB(O)O)Cc3ccc(OCCN)c(c3)-c3cc2ccc3OCCN)cc1. The molecule has 1 aliphatic rings. The standard InChI is InChI=1S/C46H67BN8O9/c1-4-5-6-7-8-9-11-31-13-16-33(17-14-31)43(57)53-37(12-10-21-48)46(60)55(3)41-34-18-20-40(64-25-23-50)36(28-34)35-26-32(15-19-39(35)63-24-22-49)27-38(44(58)51-29-47(61)62)54-42(56)30(2)52-45(41)59/h13-20,26,28,30,37-38,41,61-62H,4-12,21-25,27,29,48-50H2,1-3H3,(H,51,58)(H,52,59)(H,53,57)(H,54,56). The largest absolute Gasteiger partial charge is 0.492 e. The molecule has 1 heterocycles. The molecule has 0 fully saturated rings. The van der Waals surface area contributed by atoms with Crippen LogP contribution in [0.15, 0.2) is 60.7 Å². The number of unbranched alkanes of at least 4 members (excludes halogenated alkanes) is 5. The molecule has 4 unspecified atom stereocenters. The molecular formula is C46H67BN8O9. The summed E-state index contributed by atoms with van der Waals surface area (Å²) in [6.45, 7) is 4.55. The third kappa shape index (κ3) is 15.0. The molecule has 4 bridgehead atoms. The predicted molar refractivity (Wildman–Crippen MR) is 246 cm³/mol. The fourth-order valence-electron chi connectivity index (χ4n) is 7.52. The quantitative estimate of drug-likeness (QED) is 0.0486. The van der Waals surface area contributed by atoms with E-state index in [4.69, 9.17) is 26.7 Å². The highest BCUT2D eigenvalue weighted by Gasteiger charge is 2.36. The van der Waals surface area contributed by atoms with Crippen LogP contribution in [0.25, 0.3) is 11.1 Å². The van der Waals surface area contributed by atoms with E-state index < -0.39 is 67.3 Å². The van der Waals surface area contributed by atoms with E-state index >= 15 is 0 Å². The van der Waals surface area contributed by atoms with Crippen LogP contribution in [-0.4, -0.2) is 116 Å². The third-order valence-electron chi connectivity index (χ3n) is 11.0. The van der Waals surface area contributed by atoms with Crippen molar-refractivity contribution in [2.24, 2.45) is 17.2 Å². The van der Waals surface area contributed by atoms with Crippen molar-refractivity contribution in [2.45, 2.75) is 102 Å². The van der Waals surface area contributed by atoms with Gasteiger partial charge in [0.2, 0.25) is 23.6 Å². The number of carbonyl (C=O) groups is 5. The molecule has 348 valence electrons. The van der Waals surface area contributed by atoms with Crippen molar-refractivity contribution in [1.82, 2.24) is 26.2 Å². The highest BCUT2D eigenvalue weighted by Crippen LogP contribution is 2.40. The number of hydrogen-bond donors (Lipinski definition) is 9. The number of ether oxygens (including phenoxy) is 2. The van der Waals surface area contributed by atoms with E-state index in [2.05, 4.69) is 28.2 Å². The zero-order valence-electron chi connectivity index (χ0n) is 37.4. The van der Waals surface area contributed by atoms with E-state index in [0.29, 0.717) is 45.7 Å². The average Bonchev–Trinajstić information content (AvgIpc) is 3.28. The Morgan fingerprint density at radius 2 is 1.47 bits per heavy atom. The van der Waals surface area contributed by atoms with E-state index in [0.717, 1.165) is 24.8 Å². The Bertz CT molecular complexity index is 2000. The summed E-state index contributed by atoms with van der Waals surface area (Å²) in [4.78, 5) is 71.3. The van der Waals surface area contributed by atoms with E-state index in [1.807, 2.05) is 12.1 Å². The minimum atomic E-state index is -1.84. The number of amides is 5. The number of rotatable bonds is 23. The van der Waals surface area contributed by atoms with E-state index in [9.17, 15) is 34.0 Å². The first-order valence-corrected chi connectivity index (χ1v) is 22.4. The first-order chi connectivity index (χ1) is 30.8. The zero-order chi connectivity index (χ0) is 46.6. The lowest BCUT2D eigenvalue weighted by Gasteiger charge is -2.32. The Kier molecular flexibility index (Phi) is 21.0. The Labute approximate surface area is 376 Å². The smallest absolute Gasteiger partial charge is 0.472 e. The topological polar surface area (TPSA) is 274 Å². The molecule has 0 aliphatic carbocycles. The second-order valence-corrected chi connectivity index (χ2v) is 16.1. The number of likely N-dealkylation sites (N-methyl/N-ethyl adjacent to an activating group) is 1. The molecule has 3 aromatic rings. The molecule has 0 saturated heterocycles. The molecule has 0 saturated carbocycles. The van der Waals surface area contributed by atoms with Crippen LogP contribution in [0.5, 0.6) is 11.5 Å². The number of hydrogen-bond acceptors (Lipinski definition) is 12. The summed E-state index contributed by atoms with van der Waals surface area (Å²) in [6, 6.07) is 12.6. The van der Waals surface area contributed by atoms with Crippen molar-refractivity contribution in [2.75, 3.05) is 46.3 Å². The zero-order valence-corrected chi connectivity index (χ0v) is 37.4. The van der Waals surface area contributed by atoms with Crippen molar-refractivity contribution in [3.05, 3.63) is 82.9 Å². The minimum Gasteiger partial charge on any atom is -0.492 e. The molecule has 4 atom stereocenters. The fourth-order valence-corrected chi connectivity index (χ4v) is 7.52. The number of nitrogens with zero attached hydrogens (tertiary/aromatic N) is 1. The van der Waals surface area contributed by atoms with Gasteiger partial charge in [-0.05, 0) is 92.2 Å². The van der Waals surface area contributed by atoms with Crippen LogP contribution in [0.2, 0.25) is 0 Å². The van der Waals surface area contributed by atoms with Gasteiger partial charge in [0.1, 0.15) is 48.9 Å². The van der Waals surface area contributed by atoms with Crippen LogP contribution in [0.4, 0.5) is 0 Å². The summed E-state index contributed by atoms with van der Waals surface area (Å²) in [5.74, 6) is -2.43. The first-order valence-electron chi connectivity index (χ1n) is 22.4. The van der Waals surface area contributed by atoms with Gasteiger partial charge in [-0.3, -0.25) is 24.0 Å². The van der Waals surface area contributed by atoms with Crippen molar-refractivity contribution >= 4 is 36.7 Å². The van der Waals surface area contributed by atoms with Gasteiger partial charge in [-0.25, -0.2) is 0 Å². The fraction of sp³-hybridized carbons (Fsp3) is 0.500. The summed E-state index contributed by atoms with van der Waals surface area (Å²) in [5.41, 5.74) is 20.9. The van der Waals surface area contributed by atoms with Crippen LogP contribution >= 0.6 is 0 Å². The van der Waals surface area contributed by atoms with E-state index in [1.54, 1.807) is 48.5 Å². The van der Waals surface area contributed by atoms with Gasteiger partial charge in [-0.15, -0.1) is 0 Å². The summed E-state index contributed by atoms with van der Waals surface area (Å²) in [5, 5.41) is 29.6. The maximum Gasteiger partial charge on any atom is 0.472 e. The molecule has 0 spiro atoms. The van der Waals surface area contributed by atoms with Gasteiger partial charge in [0, 0.05) is 43.2 Å². The number of nitrogens with one attached hydrogen (secondary N) is 4. The van der Waals surface area contributed by atoms with Crippen LogP contribution < -0.4 is 47.9 Å². The molecule has 1 aliphatic heterocycles. The van der Waals surface area contributed by atoms with Crippen LogP contribution in [0.3, 0.4) is 0 Å². The second kappa shape index (κ2) is 26.3. The van der Waals surface area contributed by atoms with Crippen molar-refractivity contribution in [3.63, 3.8) is 0 Å². The van der Waals surface area contributed by atoms with Gasteiger partial charge in [0.05, 0.1) is 6.44 Å². The van der Waals surface area contributed by atoms with Crippen LogP contribution in [0, 0.1) is 0 Å². The number of carbonyl (C=O) groups excluding carboxylic acids is 5. The van der Waals surface area contributed by atoms with Gasteiger partial charge in [-0.2, -0.15) is 0 Å². The summed E-state index contributed by atoms with van der Waals surface area (Å²) in [6.07, 6.45) is 8.02. The maximum atomic E-state index is 14.7. The molecule has 17 nitrogen and oxygen atoms in total. The Morgan fingerprint density at radius 3 is 2.11 bits per heavy atom. The van der Waals surface area contributed by atoms with Gasteiger partial charge in [0.25, 0.3) is 5.91 Å². The Balaban J connectivity index is 1.76. The second-order valence-electron chi connectivity index (χ2n) is 16.1. The molecule has 3 aromatic carbocycles. The van der Waals surface area contributed by atoms with E-state index in [1.165, 1.54) is 44.6 Å². The Morgan fingerprint density at radius 1 is 0.828 bits per heavy atom. The van der Waals surface area contributed by atoms with Gasteiger partial charge in [0.15, 0.2) is 0 Å². The first kappa shape index (κ1) is 51.1. The van der Waals surface area contributed by atoms with Crippen molar-refractivity contribution < 1.29 is 43.5 Å². The average molecular weight is 887 g/mol. The monoisotopic (exact) mass is 887 g/mol. The molecule has 12 N–H and O–H groups in total. The van der Waals surface area contributed by atoms with Gasteiger partial charge in [-0.1, -0.05) is 63.3 Å². The third-order valence-corrected chi connectivity index (χ3v) is 11.0. The molecule has 5 amide bonds. The molecule has 4 rings (SSSR count). The molecule has 0 aromatic heterocycles. The van der Waals surface area contributed by atoms with Gasteiger partial charge >= 0.3 is 7.12 Å². The van der Waals surface area contributed by atoms with E-state index in [-0.39, 0.29) is 45.7 Å². The number of benzene rings is 3. The number of fused-ring (bicyclic) bond motifs is 5.